The number of nitrogens with zero attached hydrogens (tertiary/aromatic N) is 1. The Labute approximate surface area is 147 Å². The molecule has 1 aromatic rings. The largest absolute Gasteiger partial charge is 0.339 e. The van der Waals surface area contributed by atoms with E-state index in [1.54, 1.807) is 0 Å². The highest BCUT2D eigenvalue weighted by molar-refractivity contribution is 8.19. The molecule has 6 heteroatoms. The van der Waals surface area contributed by atoms with Crippen molar-refractivity contribution in [2.75, 3.05) is 31.6 Å². The van der Waals surface area contributed by atoms with Gasteiger partial charge in [-0.15, -0.1) is 35.9 Å². The van der Waals surface area contributed by atoms with Gasteiger partial charge in [-0.1, -0.05) is 12.1 Å². The summed E-state index contributed by atoms with van der Waals surface area (Å²) in [5.74, 6) is 2.61. The van der Waals surface area contributed by atoms with Crippen molar-refractivity contribution in [3.63, 3.8) is 0 Å². The number of rotatable bonds is 3. The number of thioether (sulfide) groups is 2. The number of benzene rings is 1. The second-order valence-corrected chi connectivity index (χ2v) is 8.32. The van der Waals surface area contributed by atoms with Crippen molar-refractivity contribution in [2.45, 2.75) is 23.5 Å². The molecule has 22 heavy (non-hydrogen) atoms. The summed E-state index contributed by atoms with van der Waals surface area (Å²) in [6.07, 6.45) is 2.10. The van der Waals surface area contributed by atoms with E-state index in [2.05, 4.69) is 17.4 Å². The molecular formula is C16H23ClN2OS2. The molecule has 1 N–H and O–H groups in total. The fourth-order valence-electron chi connectivity index (χ4n) is 2.90. The van der Waals surface area contributed by atoms with Crippen LogP contribution in [0.3, 0.4) is 0 Å². The predicted molar refractivity (Wildman–Crippen MR) is 99.3 cm³/mol. The van der Waals surface area contributed by atoms with Gasteiger partial charge in [0.15, 0.2) is 0 Å². The van der Waals surface area contributed by atoms with Gasteiger partial charge in [0.2, 0.25) is 0 Å². The summed E-state index contributed by atoms with van der Waals surface area (Å²) < 4.78 is 0.552. The molecule has 0 atom stereocenters. The molecule has 2 aliphatic rings. The second kappa shape index (κ2) is 8.48. The Morgan fingerprint density at radius 2 is 1.73 bits per heavy atom. The minimum atomic E-state index is 0. The third kappa shape index (κ3) is 4.13. The van der Waals surface area contributed by atoms with Crippen LogP contribution >= 0.6 is 35.9 Å². The predicted octanol–water partition coefficient (Wildman–Crippen LogP) is 3.41. The molecule has 2 fully saturated rings. The fourth-order valence-corrected chi connectivity index (χ4v) is 5.76. The van der Waals surface area contributed by atoms with Crippen molar-refractivity contribution in [3.05, 3.63) is 35.4 Å². The summed E-state index contributed by atoms with van der Waals surface area (Å²) in [5.41, 5.74) is 2.15. The topological polar surface area (TPSA) is 32.3 Å². The van der Waals surface area contributed by atoms with Crippen LogP contribution in [-0.4, -0.2) is 48.5 Å². The van der Waals surface area contributed by atoms with Crippen molar-refractivity contribution in [1.29, 1.82) is 0 Å². The van der Waals surface area contributed by atoms with E-state index in [0.29, 0.717) is 10.6 Å². The number of carbonyl (C=O) groups is 1. The van der Waals surface area contributed by atoms with Crippen molar-refractivity contribution in [3.8, 4) is 0 Å². The van der Waals surface area contributed by atoms with Gasteiger partial charge in [0.1, 0.15) is 0 Å². The summed E-state index contributed by atoms with van der Waals surface area (Å²) in [7, 11) is 1.94. The number of halogens is 1. The van der Waals surface area contributed by atoms with Crippen LogP contribution in [0.5, 0.6) is 0 Å². The number of hydrogen-bond donors (Lipinski definition) is 1. The highest BCUT2D eigenvalue weighted by Gasteiger charge is 2.23. The molecule has 0 bridgehead atoms. The lowest BCUT2D eigenvalue weighted by atomic mass is 10.0. The highest BCUT2D eigenvalue weighted by Crippen LogP contribution is 2.45. The Morgan fingerprint density at radius 3 is 2.32 bits per heavy atom. The van der Waals surface area contributed by atoms with Crippen LogP contribution in [0.4, 0.5) is 0 Å². The van der Waals surface area contributed by atoms with Crippen molar-refractivity contribution < 1.29 is 4.79 Å². The van der Waals surface area contributed by atoms with E-state index in [0.717, 1.165) is 31.5 Å². The van der Waals surface area contributed by atoms with Gasteiger partial charge in [0.05, 0.1) is 4.58 Å². The molecule has 1 amide bonds. The Morgan fingerprint density at radius 1 is 1.14 bits per heavy atom. The second-order valence-electron chi connectivity index (χ2n) is 5.59. The van der Waals surface area contributed by atoms with Crippen LogP contribution in [0.25, 0.3) is 0 Å². The smallest absolute Gasteiger partial charge is 0.253 e. The summed E-state index contributed by atoms with van der Waals surface area (Å²) >= 11 is 4.00. The van der Waals surface area contributed by atoms with Gasteiger partial charge >= 0.3 is 0 Å². The van der Waals surface area contributed by atoms with Gasteiger partial charge in [-0.05, 0) is 43.6 Å². The van der Waals surface area contributed by atoms with E-state index in [1.807, 2.05) is 47.6 Å². The number of piperidine rings is 1. The number of nitrogens with one attached hydrogen (secondary N) is 1. The van der Waals surface area contributed by atoms with Gasteiger partial charge in [0.25, 0.3) is 5.91 Å². The van der Waals surface area contributed by atoms with Gasteiger partial charge in [0, 0.05) is 30.2 Å². The van der Waals surface area contributed by atoms with E-state index in [-0.39, 0.29) is 18.3 Å². The molecule has 0 unspecified atom stereocenters. The molecule has 0 spiro atoms. The van der Waals surface area contributed by atoms with Crippen LogP contribution in [0.2, 0.25) is 0 Å². The maximum atomic E-state index is 12.6. The minimum Gasteiger partial charge on any atom is -0.339 e. The molecule has 0 saturated carbocycles. The van der Waals surface area contributed by atoms with E-state index in [4.69, 9.17) is 0 Å². The molecule has 0 aliphatic carbocycles. The van der Waals surface area contributed by atoms with Crippen molar-refractivity contribution in [1.82, 2.24) is 10.2 Å². The summed E-state index contributed by atoms with van der Waals surface area (Å²) in [4.78, 5) is 14.5. The molecular weight excluding hydrogens is 336 g/mol. The van der Waals surface area contributed by atoms with E-state index >= 15 is 0 Å². The quantitative estimate of drug-likeness (QED) is 0.897. The minimum absolute atomic E-state index is 0. The number of amides is 1. The normalized spacial score (nSPS) is 19.7. The molecule has 2 saturated heterocycles. The monoisotopic (exact) mass is 358 g/mol. The fraction of sp³-hybridized carbons (Fsp3) is 0.562. The Balaban J connectivity index is 0.00000176. The highest BCUT2D eigenvalue weighted by atomic mass is 35.5. The first-order chi connectivity index (χ1) is 10.3. The average Bonchev–Trinajstić information content (AvgIpc) is 3.09. The average molecular weight is 359 g/mol. The summed E-state index contributed by atoms with van der Waals surface area (Å²) in [5, 5.41) is 3.34. The lowest BCUT2D eigenvalue weighted by Gasteiger charge is -2.31. The van der Waals surface area contributed by atoms with Crippen LogP contribution in [0.1, 0.15) is 33.3 Å². The molecule has 0 aromatic heterocycles. The van der Waals surface area contributed by atoms with Crippen LogP contribution in [-0.2, 0) is 0 Å². The Hall–Kier alpha value is -0.360. The van der Waals surface area contributed by atoms with Gasteiger partial charge in [-0.2, -0.15) is 0 Å². The SMILES string of the molecule is CN(C(=O)c1ccc(C2SCCS2)cc1)C1CCNCC1.Cl. The lowest BCUT2D eigenvalue weighted by Crippen LogP contribution is -2.43. The number of hydrogen-bond acceptors (Lipinski definition) is 4. The third-order valence-corrected chi connectivity index (χ3v) is 7.33. The number of carbonyl (C=O) groups excluding carboxylic acids is 1. The Kier molecular flexibility index (Phi) is 6.93. The molecule has 0 radical (unpaired) electrons. The van der Waals surface area contributed by atoms with Gasteiger partial charge in [-0.25, -0.2) is 0 Å². The van der Waals surface area contributed by atoms with E-state index in [1.165, 1.54) is 17.1 Å². The zero-order valence-corrected chi connectivity index (χ0v) is 15.2. The lowest BCUT2D eigenvalue weighted by molar-refractivity contribution is 0.0703. The van der Waals surface area contributed by atoms with E-state index in [9.17, 15) is 4.79 Å². The van der Waals surface area contributed by atoms with Crippen molar-refractivity contribution in [2.24, 2.45) is 0 Å². The first kappa shape index (κ1) is 18.0. The maximum Gasteiger partial charge on any atom is 0.253 e. The molecule has 2 heterocycles. The third-order valence-electron chi connectivity index (χ3n) is 4.23. The zero-order chi connectivity index (χ0) is 14.7. The van der Waals surface area contributed by atoms with Crippen LogP contribution in [0, 0.1) is 0 Å². The van der Waals surface area contributed by atoms with Gasteiger partial charge in [-0.3, -0.25) is 4.79 Å². The maximum absolute atomic E-state index is 12.6. The first-order valence-corrected chi connectivity index (χ1v) is 9.66. The van der Waals surface area contributed by atoms with E-state index < -0.39 is 0 Å². The van der Waals surface area contributed by atoms with Crippen LogP contribution < -0.4 is 5.32 Å². The van der Waals surface area contributed by atoms with Crippen LogP contribution in [0.15, 0.2) is 24.3 Å². The summed E-state index contributed by atoms with van der Waals surface area (Å²) in [6, 6.07) is 8.61. The molecule has 2 aliphatic heterocycles. The molecule has 3 nitrogen and oxygen atoms in total. The van der Waals surface area contributed by atoms with Crippen molar-refractivity contribution >= 4 is 41.8 Å². The Bertz CT molecular complexity index is 485. The standard InChI is InChI=1S/C16H22N2OS2.ClH/c1-18(14-6-8-17-9-7-14)15(19)12-2-4-13(5-3-12)16-20-10-11-21-16;/h2-5,14,16-17H,6-11H2,1H3;1H. The molecule has 3 rings (SSSR count). The molecule has 122 valence electrons. The summed E-state index contributed by atoms with van der Waals surface area (Å²) in [6.45, 7) is 2.02. The first-order valence-electron chi connectivity index (χ1n) is 7.57. The zero-order valence-electron chi connectivity index (χ0n) is 12.8. The molecule has 1 aromatic carbocycles. The van der Waals surface area contributed by atoms with Gasteiger partial charge < -0.3 is 10.2 Å².